The summed E-state index contributed by atoms with van der Waals surface area (Å²) in [6.45, 7) is 1.60. The van der Waals surface area contributed by atoms with E-state index in [4.69, 9.17) is 0 Å². The van der Waals surface area contributed by atoms with Crippen LogP contribution in [0.15, 0.2) is 12.4 Å². The molecule has 2 rings (SSSR count). The third kappa shape index (κ3) is 1.32. The SMILES string of the molecule is Cc1cnc2[nH]cc(C(F)(F)F)c2n1. The largest absolute Gasteiger partial charge is 0.420 e. The predicted molar refractivity (Wildman–Crippen MR) is 43.6 cm³/mol. The molecule has 2 aromatic heterocycles. The highest BCUT2D eigenvalue weighted by Crippen LogP contribution is 2.33. The van der Waals surface area contributed by atoms with Crippen molar-refractivity contribution in [3.63, 3.8) is 0 Å². The van der Waals surface area contributed by atoms with Gasteiger partial charge in [-0.15, -0.1) is 0 Å². The maximum atomic E-state index is 12.4. The molecule has 0 saturated carbocycles. The number of alkyl halides is 3. The fourth-order valence-corrected chi connectivity index (χ4v) is 1.20. The molecule has 14 heavy (non-hydrogen) atoms. The predicted octanol–water partition coefficient (Wildman–Crippen LogP) is 2.29. The van der Waals surface area contributed by atoms with E-state index >= 15 is 0 Å². The maximum absolute atomic E-state index is 12.4. The number of hydrogen-bond acceptors (Lipinski definition) is 2. The number of H-pyrrole nitrogens is 1. The van der Waals surface area contributed by atoms with E-state index in [0.29, 0.717) is 5.69 Å². The number of aromatic amines is 1. The van der Waals surface area contributed by atoms with Crippen molar-refractivity contribution in [1.82, 2.24) is 15.0 Å². The van der Waals surface area contributed by atoms with Gasteiger partial charge in [0.25, 0.3) is 0 Å². The van der Waals surface area contributed by atoms with Gasteiger partial charge in [-0.1, -0.05) is 0 Å². The van der Waals surface area contributed by atoms with Crippen LogP contribution in [-0.2, 0) is 6.18 Å². The van der Waals surface area contributed by atoms with E-state index in [2.05, 4.69) is 15.0 Å². The van der Waals surface area contributed by atoms with Crippen molar-refractivity contribution < 1.29 is 13.2 Å². The van der Waals surface area contributed by atoms with Crippen LogP contribution in [0, 0.1) is 6.92 Å². The molecule has 0 aliphatic rings. The van der Waals surface area contributed by atoms with Crippen molar-refractivity contribution in [3.8, 4) is 0 Å². The van der Waals surface area contributed by atoms with Gasteiger partial charge < -0.3 is 4.98 Å². The Morgan fingerprint density at radius 3 is 2.71 bits per heavy atom. The molecule has 0 amide bonds. The Bertz CT molecular complexity index is 472. The molecule has 0 aliphatic heterocycles. The fraction of sp³-hybridized carbons (Fsp3) is 0.250. The second-order valence-corrected chi connectivity index (χ2v) is 2.91. The van der Waals surface area contributed by atoms with Gasteiger partial charge in [-0.25, -0.2) is 9.97 Å². The quantitative estimate of drug-likeness (QED) is 0.710. The van der Waals surface area contributed by atoms with Crippen LogP contribution in [0.4, 0.5) is 13.2 Å². The molecule has 0 spiro atoms. The zero-order valence-electron chi connectivity index (χ0n) is 7.18. The number of aromatic nitrogens is 3. The van der Waals surface area contributed by atoms with Crippen LogP contribution >= 0.6 is 0 Å². The lowest BCUT2D eigenvalue weighted by atomic mass is 10.3. The summed E-state index contributed by atoms with van der Waals surface area (Å²) in [5.41, 5.74) is -0.285. The van der Waals surface area contributed by atoms with Crippen molar-refractivity contribution in [2.75, 3.05) is 0 Å². The summed E-state index contributed by atoms with van der Waals surface area (Å²) < 4.78 is 37.2. The van der Waals surface area contributed by atoms with Gasteiger partial charge in [-0.3, -0.25) is 0 Å². The molecule has 0 bridgehead atoms. The van der Waals surface area contributed by atoms with E-state index in [1.165, 1.54) is 6.20 Å². The van der Waals surface area contributed by atoms with Gasteiger partial charge in [0.15, 0.2) is 5.65 Å². The highest BCUT2D eigenvalue weighted by atomic mass is 19.4. The van der Waals surface area contributed by atoms with Crippen LogP contribution in [0.3, 0.4) is 0 Å². The monoisotopic (exact) mass is 201 g/mol. The number of hydrogen-bond donors (Lipinski definition) is 1. The van der Waals surface area contributed by atoms with Gasteiger partial charge in [-0.05, 0) is 6.92 Å². The number of fused-ring (bicyclic) bond motifs is 1. The van der Waals surface area contributed by atoms with Crippen LogP contribution in [0.25, 0.3) is 11.2 Å². The van der Waals surface area contributed by atoms with Crippen molar-refractivity contribution in [2.24, 2.45) is 0 Å². The lowest BCUT2D eigenvalue weighted by Gasteiger charge is -2.02. The van der Waals surface area contributed by atoms with Crippen LogP contribution in [0.2, 0.25) is 0 Å². The lowest BCUT2D eigenvalue weighted by Crippen LogP contribution is -2.04. The molecule has 0 fully saturated rings. The van der Waals surface area contributed by atoms with Crippen LogP contribution in [0.1, 0.15) is 11.3 Å². The van der Waals surface area contributed by atoms with Crippen LogP contribution in [-0.4, -0.2) is 15.0 Å². The van der Waals surface area contributed by atoms with Gasteiger partial charge in [-0.2, -0.15) is 13.2 Å². The molecule has 74 valence electrons. The number of nitrogens with one attached hydrogen (secondary N) is 1. The van der Waals surface area contributed by atoms with Gasteiger partial charge >= 0.3 is 6.18 Å². The summed E-state index contributed by atoms with van der Waals surface area (Å²) in [7, 11) is 0. The first-order valence-corrected chi connectivity index (χ1v) is 3.86. The van der Waals surface area contributed by atoms with Crippen molar-refractivity contribution in [3.05, 3.63) is 23.7 Å². The van der Waals surface area contributed by atoms with Crippen molar-refractivity contribution in [2.45, 2.75) is 13.1 Å². The van der Waals surface area contributed by atoms with Crippen molar-refractivity contribution >= 4 is 11.2 Å². The van der Waals surface area contributed by atoms with Crippen LogP contribution < -0.4 is 0 Å². The smallest absolute Gasteiger partial charge is 0.344 e. The second-order valence-electron chi connectivity index (χ2n) is 2.91. The first-order chi connectivity index (χ1) is 6.48. The Labute approximate surface area is 77.0 Å². The molecule has 1 N–H and O–H groups in total. The highest BCUT2D eigenvalue weighted by molar-refractivity contribution is 5.75. The molecule has 6 heteroatoms. The molecular formula is C8H6F3N3. The Morgan fingerprint density at radius 1 is 1.36 bits per heavy atom. The van der Waals surface area contributed by atoms with Crippen LogP contribution in [0.5, 0.6) is 0 Å². The van der Waals surface area contributed by atoms with Crippen molar-refractivity contribution in [1.29, 1.82) is 0 Å². The molecule has 0 aliphatic carbocycles. The first kappa shape index (κ1) is 8.98. The van der Waals surface area contributed by atoms with Gasteiger partial charge in [0.1, 0.15) is 11.1 Å². The Balaban J connectivity index is 2.73. The van der Waals surface area contributed by atoms with E-state index in [9.17, 15) is 13.2 Å². The zero-order valence-corrected chi connectivity index (χ0v) is 7.18. The Morgan fingerprint density at radius 2 is 2.07 bits per heavy atom. The summed E-state index contributed by atoms with van der Waals surface area (Å²) in [6, 6.07) is 0. The molecule has 0 aromatic carbocycles. The summed E-state index contributed by atoms with van der Waals surface area (Å²) in [5, 5.41) is 0. The summed E-state index contributed by atoms with van der Waals surface area (Å²) in [4.78, 5) is 10.0. The summed E-state index contributed by atoms with van der Waals surface area (Å²) in [6.07, 6.45) is -2.09. The molecule has 0 unspecified atom stereocenters. The Kier molecular flexibility index (Phi) is 1.73. The number of halogens is 3. The third-order valence-corrected chi connectivity index (χ3v) is 1.81. The molecular weight excluding hydrogens is 195 g/mol. The topological polar surface area (TPSA) is 41.6 Å². The minimum absolute atomic E-state index is 0.127. The normalized spacial score (nSPS) is 12.3. The van der Waals surface area contributed by atoms with E-state index in [0.717, 1.165) is 6.20 Å². The average Bonchev–Trinajstić information content (AvgIpc) is 2.45. The van der Waals surface area contributed by atoms with E-state index < -0.39 is 11.7 Å². The maximum Gasteiger partial charge on any atom is 0.420 e. The number of rotatable bonds is 0. The summed E-state index contributed by atoms with van der Waals surface area (Å²) in [5.74, 6) is 0. The molecule has 3 nitrogen and oxygen atoms in total. The van der Waals surface area contributed by atoms with Gasteiger partial charge in [0, 0.05) is 6.20 Å². The molecule has 2 aromatic rings. The number of nitrogens with zero attached hydrogens (tertiary/aromatic N) is 2. The van der Waals surface area contributed by atoms with Gasteiger partial charge in [0.2, 0.25) is 0 Å². The van der Waals surface area contributed by atoms with E-state index in [1.54, 1.807) is 6.92 Å². The van der Waals surface area contributed by atoms with E-state index in [-0.39, 0.29) is 11.2 Å². The number of aryl methyl sites for hydroxylation is 1. The minimum atomic E-state index is -4.39. The molecule has 0 atom stereocenters. The minimum Gasteiger partial charge on any atom is -0.344 e. The highest BCUT2D eigenvalue weighted by Gasteiger charge is 2.34. The second kappa shape index (κ2) is 2.70. The van der Waals surface area contributed by atoms with Gasteiger partial charge in [0.05, 0.1) is 11.9 Å². The lowest BCUT2D eigenvalue weighted by molar-refractivity contribution is -0.136. The average molecular weight is 201 g/mol. The fourth-order valence-electron chi connectivity index (χ4n) is 1.20. The summed E-state index contributed by atoms with van der Waals surface area (Å²) >= 11 is 0. The third-order valence-electron chi connectivity index (χ3n) is 1.81. The first-order valence-electron chi connectivity index (χ1n) is 3.86. The molecule has 0 radical (unpaired) electrons. The zero-order chi connectivity index (χ0) is 10.3. The molecule has 2 heterocycles. The standard InChI is InChI=1S/C8H6F3N3/c1-4-2-12-7-6(14-4)5(3-13-7)8(9,10)11/h2-3H,1H3,(H,12,13). The van der Waals surface area contributed by atoms with E-state index in [1.807, 2.05) is 0 Å². The molecule has 0 saturated heterocycles. The Hall–Kier alpha value is -1.59.